The van der Waals surface area contributed by atoms with Crippen LogP contribution in [-0.4, -0.2) is 55.2 Å². The summed E-state index contributed by atoms with van der Waals surface area (Å²) >= 11 is 0. The van der Waals surface area contributed by atoms with Crippen molar-refractivity contribution in [1.82, 2.24) is 9.88 Å². The van der Waals surface area contributed by atoms with Gasteiger partial charge in [-0.3, -0.25) is 9.78 Å². The van der Waals surface area contributed by atoms with Crippen molar-refractivity contribution in [3.8, 4) is 0 Å². The zero-order chi connectivity index (χ0) is 15.6. The van der Waals surface area contributed by atoms with E-state index in [4.69, 9.17) is 4.74 Å². The molecular weight excluding hydrogens is 290 g/mol. The van der Waals surface area contributed by atoms with E-state index in [9.17, 15) is 4.79 Å². The molecule has 2 saturated heterocycles. The van der Waals surface area contributed by atoms with Crippen molar-refractivity contribution in [1.29, 1.82) is 0 Å². The first-order valence-electron chi connectivity index (χ1n) is 8.27. The lowest BCUT2D eigenvalue weighted by Gasteiger charge is -2.37. The lowest BCUT2D eigenvalue weighted by Crippen LogP contribution is -2.50. The van der Waals surface area contributed by atoms with E-state index in [-0.39, 0.29) is 11.8 Å². The molecule has 2 aliphatic heterocycles. The van der Waals surface area contributed by atoms with E-state index < -0.39 is 0 Å². The summed E-state index contributed by atoms with van der Waals surface area (Å²) in [7, 11) is 0. The summed E-state index contributed by atoms with van der Waals surface area (Å²) in [6, 6.07) is 8.32. The monoisotopic (exact) mass is 311 g/mol. The molecule has 5 nitrogen and oxygen atoms in total. The van der Waals surface area contributed by atoms with E-state index >= 15 is 0 Å². The lowest BCUT2D eigenvalue weighted by molar-refractivity contribution is -0.135. The zero-order valence-corrected chi connectivity index (χ0v) is 13.1. The Kier molecular flexibility index (Phi) is 3.87. The van der Waals surface area contributed by atoms with Crippen molar-refractivity contribution in [3.05, 3.63) is 36.7 Å². The second-order valence-corrected chi connectivity index (χ2v) is 6.25. The minimum absolute atomic E-state index is 0.0702. The van der Waals surface area contributed by atoms with Crippen LogP contribution in [0, 0.1) is 5.92 Å². The van der Waals surface area contributed by atoms with Crippen molar-refractivity contribution in [2.75, 3.05) is 44.3 Å². The molecule has 0 N–H and O–H groups in total. The van der Waals surface area contributed by atoms with E-state index in [1.165, 1.54) is 11.1 Å². The number of benzene rings is 1. The number of amides is 1. The average molecular weight is 311 g/mol. The number of hydrogen-bond donors (Lipinski definition) is 0. The molecule has 0 spiro atoms. The Bertz CT molecular complexity index is 699. The van der Waals surface area contributed by atoms with Crippen LogP contribution in [0.15, 0.2) is 36.7 Å². The first-order valence-corrected chi connectivity index (χ1v) is 8.27. The molecule has 4 rings (SSSR count). The van der Waals surface area contributed by atoms with Crippen LogP contribution in [-0.2, 0) is 9.53 Å². The fraction of sp³-hybridized carbons (Fsp3) is 0.444. The predicted octanol–water partition coefficient (Wildman–Crippen LogP) is 1.92. The van der Waals surface area contributed by atoms with Crippen LogP contribution in [0.4, 0.5) is 5.69 Å². The third kappa shape index (κ3) is 2.77. The second-order valence-electron chi connectivity index (χ2n) is 6.25. The van der Waals surface area contributed by atoms with Gasteiger partial charge in [-0.25, -0.2) is 0 Å². The standard InChI is InChI=1S/C18H21N3O2/c22-18(15-5-10-23-13-15)21-8-6-20(7-9-21)17-12-19-11-14-3-1-2-4-16(14)17/h1-4,11-12,15H,5-10,13H2. The first kappa shape index (κ1) is 14.5. The fourth-order valence-electron chi connectivity index (χ4n) is 3.51. The lowest BCUT2D eigenvalue weighted by atomic mass is 10.1. The molecule has 5 heteroatoms. The normalized spacial score (nSPS) is 21.8. The summed E-state index contributed by atoms with van der Waals surface area (Å²) in [5, 5.41) is 2.39. The number of nitrogens with zero attached hydrogens (tertiary/aromatic N) is 3. The molecule has 1 unspecified atom stereocenters. The molecule has 1 amide bonds. The Balaban J connectivity index is 1.47. The molecule has 1 atom stereocenters. The van der Waals surface area contributed by atoms with Gasteiger partial charge in [0, 0.05) is 49.8 Å². The van der Waals surface area contributed by atoms with Crippen LogP contribution in [0.5, 0.6) is 0 Å². The zero-order valence-electron chi connectivity index (χ0n) is 13.1. The maximum atomic E-state index is 12.5. The van der Waals surface area contributed by atoms with Crippen LogP contribution in [0.25, 0.3) is 10.8 Å². The number of anilines is 1. The summed E-state index contributed by atoms with van der Waals surface area (Å²) < 4.78 is 5.34. The predicted molar refractivity (Wildman–Crippen MR) is 89.5 cm³/mol. The summed E-state index contributed by atoms with van der Waals surface area (Å²) in [5.74, 6) is 0.332. The average Bonchev–Trinajstić information content (AvgIpc) is 3.15. The van der Waals surface area contributed by atoms with Gasteiger partial charge in [-0.15, -0.1) is 0 Å². The number of piperazine rings is 1. The number of fused-ring (bicyclic) bond motifs is 1. The van der Waals surface area contributed by atoms with Crippen LogP contribution < -0.4 is 4.90 Å². The molecule has 120 valence electrons. The number of carbonyl (C=O) groups excluding carboxylic acids is 1. The Hall–Kier alpha value is -2.14. The van der Waals surface area contributed by atoms with Gasteiger partial charge in [0.15, 0.2) is 0 Å². The topological polar surface area (TPSA) is 45.7 Å². The van der Waals surface area contributed by atoms with Crippen molar-refractivity contribution >= 4 is 22.4 Å². The smallest absolute Gasteiger partial charge is 0.228 e. The molecule has 0 bridgehead atoms. The number of carbonyl (C=O) groups is 1. The quantitative estimate of drug-likeness (QED) is 0.850. The molecule has 23 heavy (non-hydrogen) atoms. The van der Waals surface area contributed by atoms with Crippen LogP contribution in [0.1, 0.15) is 6.42 Å². The molecule has 2 fully saturated rings. The van der Waals surface area contributed by atoms with Crippen LogP contribution in [0.2, 0.25) is 0 Å². The Labute approximate surface area is 135 Å². The fourth-order valence-corrected chi connectivity index (χ4v) is 3.51. The highest BCUT2D eigenvalue weighted by Crippen LogP contribution is 2.26. The van der Waals surface area contributed by atoms with E-state index in [0.717, 1.165) is 44.6 Å². The highest BCUT2D eigenvalue weighted by molar-refractivity contribution is 5.93. The van der Waals surface area contributed by atoms with Crippen LogP contribution >= 0.6 is 0 Å². The Morgan fingerprint density at radius 2 is 1.96 bits per heavy atom. The summed E-state index contributed by atoms with van der Waals surface area (Å²) in [4.78, 5) is 21.2. The van der Waals surface area contributed by atoms with E-state index in [0.29, 0.717) is 6.61 Å². The highest BCUT2D eigenvalue weighted by Gasteiger charge is 2.30. The van der Waals surface area contributed by atoms with Gasteiger partial charge < -0.3 is 14.5 Å². The third-order valence-corrected chi connectivity index (χ3v) is 4.86. The largest absolute Gasteiger partial charge is 0.381 e. The van der Waals surface area contributed by atoms with Crippen molar-refractivity contribution in [3.63, 3.8) is 0 Å². The van der Waals surface area contributed by atoms with Gasteiger partial charge >= 0.3 is 0 Å². The maximum Gasteiger partial charge on any atom is 0.228 e. The highest BCUT2D eigenvalue weighted by atomic mass is 16.5. The molecule has 0 saturated carbocycles. The van der Waals surface area contributed by atoms with E-state index in [2.05, 4.69) is 28.1 Å². The summed E-state index contributed by atoms with van der Waals surface area (Å²) in [5.41, 5.74) is 1.17. The molecular formula is C18H21N3O2. The van der Waals surface area contributed by atoms with Crippen LogP contribution in [0.3, 0.4) is 0 Å². The number of pyridine rings is 1. The molecule has 3 heterocycles. The van der Waals surface area contributed by atoms with Crippen molar-refractivity contribution in [2.24, 2.45) is 5.92 Å². The minimum Gasteiger partial charge on any atom is -0.381 e. The second kappa shape index (κ2) is 6.16. The molecule has 1 aromatic heterocycles. The Morgan fingerprint density at radius 3 is 2.74 bits per heavy atom. The van der Waals surface area contributed by atoms with Crippen molar-refractivity contribution in [2.45, 2.75) is 6.42 Å². The third-order valence-electron chi connectivity index (χ3n) is 4.86. The first-order chi connectivity index (χ1) is 11.3. The summed E-state index contributed by atoms with van der Waals surface area (Å²) in [6.07, 6.45) is 4.70. The van der Waals surface area contributed by atoms with Gasteiger partial charge in [0.2, 0.25) is 5.91 Å². The number of ether oxygens (including phenoxy) is 1. The van der Waals surface area contributed by atoms with Gasteiger partial charge in [-0.05, 0) is 6.42 Å². The molecule has 2 aliphatic rings. The molecule has 0 radical (unpaired) electrons. The maximum absolute atomic E-state index is 12.5. The van der Waals surface area contributed by atoms with Gasteiger partial charge in [-0.1, -0.05) is 24.3 Å². The molecule has 1 aromatic carbocycles. The van der Waals surface area contributed by atoms with Gasteiger partial charge in [-0.2, -0.15) is 0 Å². The SMILES string of the molecule is O=C(C1CCOC1)N1CCN(c2cncc3ccccc23)CC1. The van der Waals surface area contributed by atoms with Gasteiger partial charge in [0.1, 0.15) is 0 Å². The number of aromatic nitrogens is 1. The van der Waals surface area contributed by atoms with E-state index in [1.54, 1.807) is 0 Å². The molecule has 2 aromatic rings. The van der Waals surface area contributed by atoms with Gasteiger partial charge in [0.25, 0.3) is 0 Å². The van der Waals surface area contributed by atoms with E-state index in [1.807, 2.05) is 23.4 Å². The Morgan fingerprint density at radius 1 is 1.13 bits per heavy atom. The minimum atomic E-state index is 0.0702. The molecule has 0 aliphatic carbocycles. The van der Waals surface area contributed by atoms with Crippen molar-refractivity contribution < 1.29 is 9.53 Å². The number of rotatable bonds is 2. The summed E-state index contributed by atoms with van der Waals surface area (Å²) in [6.45, 7) is 4.57. The number of hydrogen-bond acceptors (Lipinski definition) is 4. The van der Waals surface area contributed by atoms with Gasteiger partial charge in [0.05, 0.1) is 24.4 Å².